The minimum atomic E-state index is -5.08. The van der Waals surface area contributed by atoms with Crippen LogP contribution in [0.25, 0.3) is 11.3 Å². The lowest BCUT2D eigenvalue weighted by atomic mass is 9.84. The molecule has 1 aromatic heterocycles. The van der Waals surface area contributed by atoms with Crippen molar-refractivity contribution in [2.75, 3.05) is 137 Å². The van der Waals surface area contributed by atoms with Crippen LogP contribution in [0.2, 0.25) is 0 Å². The summed E-state index contributed by atoms with van der Waals surface area (Å²) in [5, 5.41) is 9.95. The second-order valence-corrected chi connectivity index (χ2v) is 24.8. The molecule has 2 heterocycles. The molecule has 0 saturated heterocycles. The Kier molecular flexibility index (Phi) is 40.8. The van der Waals surface area contributed by atoms with Crippen LogP contribution in [0.4, 0.5) is 22.0 Å². The van der Waals surface area contributed by atoms with Crippen LogP contribution >= 0.6 is 11.8 Å². The maximum absolute atomic E-state index is 15.2. The molecule has 4 amide bonds. The Hall–Kier alpha value is -6.41. The van der Waals surface area contributed by atoms with Crippen LogP contribution in [0.15, 0.2) is 66.9 Å². The van der Waals surface area contributed by atoms with Crippen LogP contribution in [0.3, 0.4) is 0 Å². The molecule has 1 aliphatic heterocycles. The van der Waals surface area contributed by atoms with Gasteiger partial charge in [0.1, 0.15) is 29.0 Å². The van der Waals surface area contributed by atoms with Gasteiger partial charge in [-0.05, 0) is 73.6 Å². The number of amides is 4. The van der Waals surface area contributed by atoms with Gasteiger partial charge in [0.2, 0.25) is 11.8 Å². The van der Waals surface area contributed by atoms with E-state index in [0.717, 1.165) is 28.7 Å². The molecule has 0 unspecified atom stereocenters. The summed E-state index contributed by atoms with van der Waals surface area (Å²) in [5.41, 5.74) is 6.67. The van der Waals surface area contributed by atoms with E-state index in [4.69, 9.17) is 58.5 Å². The highest BCUT2D eigenvalue weighted by Crippen LogP contribution is 2.40. The number of carbonyl (C=O) groups is 8. The van der Waals surface area contributed by atoms with E-state index in [1.165, 1.54) is 23.9 Å². The third-order valence-electron chi connectivity index (χ3n) is 14.5. The fourth-order valence-electron chi connectivity index (χ4n) is 9.43. The second-order valence-electron chi connectivity index (χ2n) is 23.7. The van der Waals surface area contributed by atoms with Crippen molar-refractivity contribution >= 4 is 58.7 Å². The van der Waals surface area contributed by atoms with E-state index in [2.05, 4.69) is 5.32 Å². The Balaban J connectivity index is 0.00000324. The zero-order chi connectivity index (χ0) is 70.9. The van der Waals surface area contributed by atoms with Crippen molar-refractivity contribution in [2.24, 2.45) is 23.0 Å². The lowest BCUT2D eigenvalue weighted by Gasteiger charge is -2.40. The molecule has 0 radical (unpaired) electrons. The van der Waals surface area contributed by atoms with E-state index in [1.54, 1.807) is 18.0 Å². The first-order chi connectivity index (χ1) is 45.7. The summed E-state index contributed by atoms with van der Waals surface area (Å²) >= 11 is 1.40. The number of hydrogen-bond donors (Lipinski definition) is 3. The van der Waals surface area contributed by atoms with E-state index in [9.17, 15) is 51.1 Å². The average molecular weight is 1390 g/mol. The van der Waals surface area contributed by atoms with Crippen molar-refractivity contribution in [3.05, 3.63) is 89.9 Å². The van der Waals surface area contributed by atoms with E-state index in [-0.39, 0.29) is 109 Å². The van der Waals surface area contributed by atoms with Gasteiger partial charge in [-0.25, -0.2) is 18.6 Å². The van der Waals surface area contributed by atoms with Gasteiger partial charge in [-0.3, -0.25) is 38.5 Å². The number of aliphatic carboxylic acids is 1. The summed E-state index contributed by atoms with van der Waals surface area (Å²) in [6, 6.07) is 11.6. The Morgan fingerprint density at radius 1 is 0.677 bits per heavy atom. The molecule has 0 aliphatic carbocycles. The van der Waals surface area contributed by atoms with Crippen LogP contribution in [0.5, 0.6) is 0 Å². The number of aromatic nitrogens is 2. The molecule has 3 atom stereocenters. The van der Waals surface area contributed by atoms with Gasteiger partial charge in [0, 0.05) is 88.2 Å². The molecule has 4 N–H and O–H groups in total. The molecule has 0 saturated carbocycles. The number of halogens is 5. The highest BCUT2D eigenvalue weighted by atomic mass is 32.2. The molecule has 0 bridgehead atoms. The molecule has 2 aromatic carbocycles. The molecule has 29 heteroatoms. The highest BCUT2D eigenvalue weighted by molar-refractivity contribution is 7.99. The highest BCUT2D eigenvalue weighted by Gasteiger charge is 2.39. The largest absolute Gasteiger partial charge is 0.490 e. The van der Waals surface area contributed by atoms with Crippen LogP contribution < -0.4 is 11.1 Å². The first-order valence-electron chi connectivity index (χ1n) is 32.2. The number of carboxylic acids is 1. The number of Topliss-reactive ketones (excluding diaryl/α,β-unsaturated/α-hetero) is 3. The van der Waals surface area contributed by atoms with Crippen molar-refractivity contribution in [1.82, 2.24) is 24.7 Å². The normalized spacial score (nSPS) is 13.4. The Morgan fingerprint density at radius 2 is 1.20 bits per heavy atom. The van der Waals surface area contributed by atoms with Crippen molar-refractivity contribution in [1.29, 1.82) is 0 Å². The molecule has 4 rings (SSSR count). The monoisotopic (exact) mass is 1380 g/mol. The number of ketones is 3. The van der Waals surface area contributed by atoms with Gasteiger partial charge >= 0.3 is 12.1 Å². The van der Waals surface area contributed by atoms with Crippen LogP contribution in [-0.4, -0.2) is 220 Å². The lowest BCUT2D eigenvalue weighted by molar-refractivity contribution is -0.192. The number of ether oxygens (including phenoxy) is 8. The zero-order valence-corrected chi connectivity index (χ0v) is 56.8. The van der Waals surface area contributed by atoms with E-state index in [1.807, 2.05) is 69.5 Å². The fraction of sp³-hybridized carbons (Fsp3) is 0.627. The minimum absolute atomic E-state index is 0.0165. The number of carbonyl (C=O) groups excluding carboxylic acids is 7. The number of thioether (sulfide) groups is 1. The summed E-state index contributed by atoms with van der Waals surface area (Å²) < 4.78 is 107. The molecule has 1 aliphatic rings. The van der Waals surface area contributed by atoms with Crippen molar-refractivity contribution in [2.45, 2.75) is 118 Å². The van der Waals surface area contributed by atoms with E-state index in [0.29, 0.717) is 149 Å². The fourth-order valence-corrected chi connectivity index (χ4v) is 10.3. The number of carboxylic acid groups (broad SMARTS) is 1. The third kappa shape index (κ3) is 34.2. The number of imidazole rings is 1. The molecule has 0 spiro atoms. The summed E-state index contributed by atoms with van der Waals surface area (Å²) in [6.45, 7) is 18.6. The van der Waals surface area contributed by atoms with Gasteiger partial charge in [0.15, 0.2) is 5.78 Å². The molecule has 0 fully saturated rings. The maximum atomic E-state index is 15.2. The predicted molar refractivity (Wildman–Crippen MR) is 347 cm³/mol. The van der Waals surface area contributed by atoms with Crippen molar-refractivity contribution in [3.63, 3.8) is 0 Å². The Labute approximate surface area is 563 Å². The second kappa shape index (κ2) is 46.7. The van der Waals surface area contributed by atoms with Crippen molar-refractivity contribution < 1.29 is 103 Å². The van der Waals surface area contributed by atoms with E-state index >= 15 is 4.39 Å². The molecule has 96 heavy (non-hydrogen) atoms. The molecule has 538 valence electrons. The smallest absolute Gasteiger partial charge is 0.475 e. The minimum Gasteiger partial charge on any atom is -0.475 e. The predicted octanol–water partition coefficient (Wildman–Crippen LogP) is 7.78. The quantitative estimate of drug-likeness (QED) is 0.0276. The Bertz CT molecular complexity index is 2840. The molecule has 23 nitrogen and oxygen atoms in total. The summed E-state index contributed by atoms with van der Waals surface area (Å²) in [4.78, 5) is 106. The topological polar surface area (TPSA) is 293 Å². The summed E-state index contributed by atoms with van der Waals surface area (Å²) in [6.07, 6.45) is 1.37. The number of rotatable bonds is 51. The number of nitrogens with two attached hydrogens (primary N) is 1. The standard InChI is InChI=1S/C65H96F2N6O15S.C2HF3O2/c1-48(2)54(44-53(75)22-27-82-29-31-84-33-35-86-37-39-88-41-40-87-38-36-85-34-32-83-30-28-81-26-10-15-52(74)21-25-72-59(77)19-20-60(72)78)64(80)69-49(3)58(76)16-11-42-89-47-61(79)73(24-12-23-68)62(65(4,5)6)63-70-57(55-43-51(66)17-18-56(55)67)46-71(63)45-50-13-8-7-9-14-50;3-2(4,5)1(6)7/h7-9,13-14,17-20,43,46,48-49,54,62H,10-12,15-16,21-42,44-45,47,68H2,1-6H3,(H,69,80);(H,6,7)/t49-,54-,62-;/m0./s1. The first-order valence-corrected chi connectivity index (χ1v) is 33.4. The number of alkyl halides is 3. The van der Waals surface area contributed by atoms with E-state index < -0.39 is 47.2 Å². The summed E-state index contributed by atoms with van der Waals surface area (Å²) in [5.74, 6) is -5.18. The van der Waals surface area contributed by atoms with Gasteiger partial charge < -0.3 is 63.5 Å². The van der Waals surface area contributed by atoms with Gasteiger partial charge in [-0.1, -0.05) is 65.0 Å². The van der Waals surface area contributed by atoms with Crippen molar-refractivity contribution in [3.8, 4) is 11.3 Å². The number of hydrogen-bond acceptors (Lipinski definition) is 19. The molecular formula is C67H97F5N6O17S. The van der Waals surface area contributed by atoms with Gasteiger partial charge in [-0.15, -0.1) is 0 Å². The van der Waals surface area contributed by atoms with Crippen LogP contribution in [-0.2, 0) is 82.8 Å². The zero-order valence-electron chi connectivity index (χ0n) is 56.0. The first kappa shape index (κ1) is 83.8. The van der Waals surface area contributed by atoms with Crippen LogP contribution in [0, 0.1) is 28.9 Å². The average Bonchev–Trinajstić information content (AvgIpc) is 1.58. The number of benzene rings is 2. The summed E-state index contributed by atoms with van der Waals surface area (Å²) in [7, 11) is 0. The van der Waals surface area contributed by atoms with Gasteiger partial charge in [0.05, 0.1) is 123 Å². The van der Waals surface area contributed by atoms with Gasteiger partial charge in [-0.2, -0.15) is 24.9 Å². The number of nitrogens with one attached hydrogen (secondary N) is 1. The maximum Gasteiger partial charge on any atom is 0.490 e. The third-order valence-corrected chi connectivity index (χ3v) is 15.5. The molecular weight excluding hydrogens is 1290 g/mol. The Morgan fingerprint density at radius 3 is 1.70 bits per heavy atom. The SMILES string of the molecule is CC(C)[C@H](CC(=O)CCOCCOCCOCCOCCOCCOCCOCCOCCCC(=O)CCN1C(=O)C=CC1=O)C(=O)N[C@@H](C)C(=O)CCCSCC(=O)N(CCCN)[C@@H](c1nc(-c2cc(F)ccc2F)cn1Cc1ccccc1)C(C)(C)C.O=C(O)C(F)(F)F. The number of imide groups is 1. The van der Waals surface area contributed by atoms with Gasteiger partial charge in [0.25, 0.3) is 11.8 Å². The lowest BCUT2D eigenvalue weighted by Crippen LogP contribution is -2.44. The molecule has 3 aromatic rings. The van der Waals surface area contributed by atoms with Crippen LogP contribution in [0.1, 0.15) is 110 Å². The number of nitrogens with zero attached hydrogens (tertiary/aromatic N) is 4.